The second-order valence-corrected chi connectivity index (χ2v) is 7.79. The molecule has 0 unspecified atom stereocenters. The number of aryl methyl sites for hydroxylation is 2. The van der Waals surface area contributed by atoms with Gasteiger partial charge in [0, 0.05) is 51.3 Å². The number of hydrogen-bond donors (Lipinski definition) is 2. The van der Waals surface area contributed by atoms with Crippen LogP contribution in [0.15, 0.2) is 48.5 Å². The van der Waals surface area contributed by atoms with E-state index < -0.39 is 6.86 Å². The van der Waals surface area contributed by atoms with E-state index in [0.717, 1.165) is 30.9 Å². The summed E-state index contributed by atoms with van der Waals surface area (Å²) in [7, 11) is 1.74. The molecule has 0 radical (unpaired) electrons. The molecule has 0 aromatic carbocycles. The second kappa shape index (κ2) is 17.7. The number of carbonyl (C=O) groups is 2. The predicted octanol–water partition coefficient (Wildman–Crippen LogP) is 3.42. The third-order valence-electron chi connectivity index (χ3n) is 5.10. The van der Waals surface area contributed by atoms with E-state index in [1.807, 2.05) is 52.1 Å². The molecule has 0 saturated carbocycles. The van der Waals surface area contributed by atoms with Crippen molar-refractivity contribution in [2.75, 3.05) is 49.9 Å². The average molecular weight is 518 g/mol. The van der Waals surface area contributed by atoms with Crippen LogP contribution in [0.3, 0.4) is 0 Å². The number of nitrogens with one attached hydrogen (secondary N) is 1. The molecule has 0 spiro atoms. The quantitative estimate of drug-likeness (QED) is 0.297. The number of aromatic nitrogens is 3. The van der Waals surface area contributed by atoms with E-state index in [-0.39, 0.29) is 12.5 Å². The molecule has 1 aliphatic heterocycles. The summed E-state index contributed by atoms with van der Waals surface area (Å²) in [6.45, 7) is 10.2. The van der Waals surface area contributed by atoms with Crippen molar-refractivity contribution < 1.29 is 18.7 Å². The maximum absolute atomic E-state index is 12.6. The molecule has 2 amide bonds. The Labute approximate surface area is 219 Å². The minimum absolute atomic E-state index is 0.132. The van der Waals surface area contributed by atoms with Crippen molar-refractivity contribution in [3.63, 3.8) is 0 Å². The van der Waals surface area contributed by atoms with Crippen molar-refractivity contribution in [2.24, 2.45) is 12.8 Å². The van der Waals surface area contributed by atoms with E-state index in [9.17, 15) is 14.0 Å². The number of amides is 2. The van der Waals surface area contributed by atoms with Gasteiger partial charge in [-0.1, -0.05) is 39.0 Å². The summed E-state index contributed by atoms with van der Waals surface area (Å²) in [5.74, 6) is 1.50. The number of ether oxygens (including phenoxy) is 1. The Hall–Kier alpha value is -3.73. The first-order chi connectivity index (χ1) is 17.9. The molecule has 2 aromatic rings. The number of rotatable bonds is 9. The zero-order valence-electron chi connectivity index (χ0n) is 22.5. The maximum atomic E-state index is 12.6. The van der Waals surface area contributed by atoms with Gasteiger partial charge in [0.2, 0.25) is 12.2 Å². The van der Waals surface area contributed by atoms with Gasteiger partial charge in [-0.15, -0.1) is 0 Å². The normalized spacial score (nSPS) is 13.4. The van der Waals surface area contributed by atoms with Gasteiger partial charge in [0.25, 0.3) is 5.91 Å². The number of anilines is 2. The van der Waals surface area contributed by atoms with Gasteiger partial charge in [-0.3, -0.25) is 9.59 Å². The number of allylic oxidation sites excluding steroid dienone is 2. The second-order valence-electron chi connectivity index (χ2n) is 7.79. The minimum Gasteiger partial charge on any atom is -0.399 e. The molecule has 1 aliphatic rings. The van der Waals surface area contributed by atoms with Crippen LogP contribution in [0.2, 0.25) is 0 Å². The van der Waals surface area contributed by atoms with Crippen molar-refractivity contribution in [3.05, 3.63) is 59.8 Å². The van der Waals surface area contributed by atoms with Gasteiger partial charge in [-0.25, -0.2) is 14.4 Å². The molecule has 10 nitrogen and oxygen atoms in total. The zero-order valence-corrected chi connectivity index (χ0v) is 22.5. The van der Waals surface area contributed by atoms with Gasteiger partial charge >= 0.3 is 0 Å². The number of piperazine rings is 1. The Balaban J connectivity index is 0.000000446. The standard InChI is InChI=1S/C16H20N6O2.C8H14FNO.C2H6/c1-12-3-4-14(17-9-12)21-5-7-22(8-6-21)16(24)15-19-13(18-11-23)10-20(15)2;1-2-4-8(10)5-3-6-11-7-9;1-2/h3-4,9-11H,5-8H2,1-2H3,(H,18,23);3-5H,2,6-7,10H2,1H3;1-2H3/b;5-3-,8-4+;. The van der Waals surface area contributed by atoms with E-state index in [4.69, 9.17) is 5.73 Å². The lowest BCUT2D eigenvalue weighted by Crippen LogP contribution is -2.49. The van der Waals surface area contributed by atoms with Crippen LogP contribution in [0.25, 0.3) is 0 Å². The van der Waals surface area contributed by atoms with Crippen LogP contribution in [-0.4, -0.2) is 71.4 Å². The Bertz CT molecular complexity index is 998. The number of alkyl halides is 1. The number of nitrogens with zero attached hydrogens (tertiary/aromatic N) is 5. The molecule has 3 heterocycles. The fourth-order valence-electron chi connectivity index (χ4n) is 3.32. The van der Waals surface area contributed by atoms with E-state index in [2.05, 4.69) is 24.9 Å². The molecule has 37 heavy (non-hydrogen) atoms. The Morgan fingerprint density at radius 1 is 1.24 bits per heavy atom. The highest BCUT2D eigenvalue weighted by atomic mass is 19.1. The molecule has 0 bridgehead atoms. The summed E-state index contributed by atoms with van der Waals surface area (Å²) in [6, 6.07) is 4.04. The highest BCUT2D eigenvalue weighted by molar-refractivity contribution is 5.92. The summed E-state index contributed by atoms with van der Waals surface area (Å²) in [4.78, 5) is 35.7. The topological polar surface area (TPSA) is 119 Å². The SMILES string of the molecule is CC.CC/C=C(N)\C=C/COCF.Cc1ccc(N2CCN(C(=O)c3nc(NC=O)cn3C)CC2)nc1. The van der Waals surface area contributed by atoms with Gasteiger partial charge in [0.15, 0.2) is 12.7 Å². The van der Waals surface area contributed by atoms with Crippen LogP contribution in [-0.2, 0) is 16.6 Å². The van der Waals surface area contributed by atoms with Crippen LogP contribution in [0.4, 0.5) is 16.0 Å². The zero-order chi connectivity index (χ0) is 27.6. The molecule has 11 heteroatoms. The summed E-state index contributed by atoms with van der Waals surface area (Å²) in [5.41, 5.74) is 7.31. The van der Waals surface area contributed by atoms with Gasteiger partial charge < -0.3 is 30.2 Å². The van der Waals surface area contributed by atoms with Crippen LogP contribution in [0.5, 0.6) is 0 Å². The smallest absolute Gasteiger partial charge is 0.290 e. The Morgan fingerprint density at radius 2 is 1.95 bits per heavy atom. The summed E-state index contributed by atoms with van der Waals surface area (Å²) in [6.07, 6.45) is 10.2. The highest BCUT2D eigenvalue weighted by Gasteiger charge is 2.25. The van der Waals surface area contributed by atoms with Crippen LogP contribution in [0, 0.1) is 6.92 Å². The predicted molar refractivity (Wildman–Crippen MR) is 145 cm³/mol. The van der Waals surface area contributed by atoms with Crippen LogP contribution >= 0.6 is 0 Å². The maximum Gasteiger partial charge on any atom is 0.290 e. The number of pyridine rings is 1. The first-order valence-corrected chi connectivity index (χ1v) is 12.4. The Kier molecular flexibility index (Phi) is 14.9. The number of hydrogen-bond acceptors (Lipinski definition) is 7. The molecule has 3 N–H and O–H groups in total. The monoisotopic (exact) mass is 517 g/mol. The fraction of sp³-hybridized carbons (Fsp3) is 0.462. The van der Waals surface area contributed by atoms with Crippen molar-refractivity contribution in [3.8, 4) is 0 Å². The van der Waals surface area contributed by atoms with Gasteiger partial charge in [-0.05, 0) is 31.1 Å². The molecule has 0 aliphatic carbocycles. The fourth-order valence-corrected chi connectivity index (χ4v) is 3.32. The summed E-state index contributed by atoms with van der Waals surface area (Å²) >= 11 is 0. The first kappa shape index (κ1) is 31.3. The van der Waals surface area contributed by atoms with Crippen molar-refractivity contribution in [2.45, 2.75) is 34.1 Å². The van der Waals surface area contributed by atoms with Crippen LogP contribution in [0.1, 0.15) is 43.4 Å². The number of carbonyl (C=O) groups excluding carboxylic acids is 2. The largest absolute Gasteiger partial charge is 0.399 e. The summed E-state index contributed by atoms with van der Waals surface area (Å²) < 4.78 is 17.4. The molecule has 204 valence electrons. The summed E-state index contributed by atoms with van der Waals surface area (Å²) in [5, 5.41) is 2.46. The number of imidazole rings is 1. The van der Waals surface area contributed by atoms with Crippen LogP contribution < -0.4 is 16.0 Å². The molecular formula is C26H40FN7O3. The minimum atomic E-state index is -0.748. The third-order valence-corrected chi connectivity index (χ3v) is 5.10. The van der Waals surface area contributed by atoms with Crippen molar-refractivity contribution >= 4 is 24.0 Å². The van der Waals surface area contributed by atoms with Gasteiger partial charge in [0.05, 0.1) is 6.61 Å². The van der Waals surface area contributed by atoms with E-state index in [0.29, 0.717) is 36.8 Å². The lowest BCUT2D eigenvalue weighted by molar-refractivity contribution is -0.105. The van der Waals surface area contributed by atoms with E-state index in [1.165, 1.54) is 0 Å². The highest BCUT2D eigenvalue weighted by Crippen LogP contribution is 2.16. The Morgan fingerprint density at radius 3 is 2.51 bits per heavy atom. The molecular weight excluding hydrogens is 477 g/mol. The molecule has 2 aromatic heterocycles. The van der Waals surface area contributed by atoms with Crippen molar-refractivity contribution in [1.29, 1.82) is 0 Å². The number of halogens is 1. The van der Waals surface area contributed by atoms with Gasteiger partial charge in [0.1, 0.15) is 5.82 Å². The lowest BCUT2D eigenvalue weighted by Gasteiger charge is -2.35. The van der Waals surface area contributed by atoms with E-state index in [1.54, 1.807) is 34.9 Å². The third kappa shape index (κ3) is 10.8. The average Bonchev–Trinajstić information content (AvgIpc) is 3.28. The lowest BCUT2D eigenvalue weighted by atomic mass is 10.2. The van der Waals surface area contributed by atoms with Gasteiger partial charge in [-0.2, -0.15) is 0 Å². The molecule has 1 saturated heterocycles. The molecule has 3 rings (SSSR count). The first-order valence-electron chi connectivity index (χ1n) is 12.4. The number of nitrogens with two attached hydrogens (primary N) is 1. The molecule has 1 fully saturated rings. The van der Waals surface area contributed by atoms with Crippen molar-refractivity contribution in [1.82, 2.24) is 19.4 Å². The molecule has 0 atom stereocenters. The van der Waals surface area contributed by atoms with E-state index >= 15 is 0 Å².